The lowest BCUT2D eigenvalue weighted by Gasteiger charge is -2.40. The number of amides is 1. The maximum atomic E-state index is 11.2. The van der Waals surface area contributed by atoms with E-state index in [2.05, 4.69) is 17.1 Å². The van der Waals surface area contributed by atoms with E-state index < -0.39 is 0 Å². The summed E-state index contributed by atoms with van der Waals surface area (Å²) in [7, 11) is 0. The standard InChI is InChI=1S/C11H21N3O.C3H9N.C2H6/c1-10(15)13-6-8-14(9-7-13)11-2-4-12-5-3-11;1-2-3-4;1-2/h11-12H,2-9H2,1H3;2-4H2,1H3;1-2H3. The van der Waals surface area contributed by atoms with E-state index in [-0.39, 0.29) is 5.91 Å². The van der Waals surface area contributed by atoms with Crippen LogP contribution in [0.1, 0.15) is 47.0 Å². The number of nitrogens with zero attached hydrogens (tertiary/aromatic N) is 2. The van der Waals surface area contributed by atoms with Gasteiger partial charge in [-0.15, -0.1) is 0 Å². The number of nitrogens with one attached hydrogen (secondary N) is 1. The van der Waals surface area contributed by atoms with Gasteiger partial charge in [-0.05, 0) is 38.9 Å². The Balaban J connectivity index is 0.000000579. The van der Waals surface area contributed by atoms with E-state index in [0.29, 0.717) is 0 Å². The Hall–Kier alpha value is -0.650. The molecule has 0 aromatic carbocycles. The normalized spacial score (nSPS) is 20.0. The molecule has 0 atom stereocenters. The maximum Gasteiger partial charge on any atom is 0.219 e. The van der Waals surface area contributed by atoms with Crippen LogP contribution in [0.4, 0.5) is 0 Å². The van der Waals surface area contributed by atoms with Gasteiger partial charge in [-0.25, -0.2) is 0 Å². The second-order valence-electron chi connectivity index (χ2n) is 5.31. The fraction of sp³-hybridized carbons (Fsp3) is 0.938. The summed E-state index contributed by atoms with van der Waals surface area (Å²) in [6.07, 6.45) is 3.63. The van der Waals surface area contributed by atoms with Gasteiger partial charge in [-0.1, -0.05) is 20.8 Å². The van der Waals surface area contributed by atoms with Crippen molar-refractivity contribution in [3.05, 3.63) is 0 Å². The van der Waals surface area contributed by atoms with Crippen LogP contribution in [-0.2, 0) is 4.79 Å². The van der Waals surface area contributed by atoms with Crippen molar-refractivity contribution in [1.82, 2.24) is 15.1 Å². The largest absolute Gasteiger partial charge is 0.340 e. The third-order valence-corrected chi connectivity index (χ3v) is 3.87. The number of carbonyl (C=O) groups excluding carboxylic acids is 1. The molecule has 0 radical (unpaired) electrons. The van der Waals surface area contributed by atoms with Gasteiger partial charge < -0.3 is 16.0 Å². The fourth-order valence-corrected chi connectivity index (χ4v) is 2.57. The summed E-state index contributed by atoms with van der Waals surface area (Å²) >= 11 is 0. The maximum absolute atomic E-state index is 11.2. The molecule has 0 bridgehead atoms. The smallest absolute Gasteiger partial charge is 0.219 e. The van der Waals surface area contributed by atoms with Gasteiger partial charge in [0.2, 0.25) is 5.91 Å². The minimum absolute atomic E-state index is 0.222. The van der Waals surface area contributed by atoms with Crippen molar-refractivity contribution in [3.8, 4) is 0 Å². The molecule has 2 fully saturated rings. The first-order valence-corrected chi connectivity index (χ1v) is 8.59. The molecule has 5 nitrogen and oxygen atoms in total. The molecular formula is C16H36N4O. The number of carbonyl (C=O) groups is 1. The van der Waals surface area contributed by atoms with Gasteiger partial charge >= 0.3 is 0 Å². The average molecular weight is 300 g/mol. The highest BCUT2D eigenvalue weighted by atomic mass is 16.2. The van der Waals surface area contributed by atoms with Crippen LogP contribution in [0.3, 0.4) is 0 Å². The molecule has 3 N–H and O–H groups in total. The molecule has 21 heavy (non-hydrogen) atoms. The monoisotopic (exact) mass is 300 g/mol. The summed E-state index contributed by atoms with van der Waals surface area (Å²) in [6, 6.07) is 0.750. The molecule has 2 aliphatic rings. The van der Waals surface area contributed by atoms with Gasteiger partial charge in [-0.3, -0.25) is 9.69 Å². The van der Waals surface area contributed by atoms with Crippen molar-refractivity contribution in [2.24, 2.45) is 5.73 Å². The van der Waals surface area contributed by atoms with Gasteiger partial charge in [-0.2, -0.15) is 0 Å². The zero-order valence-corrected chi connectivity index (χ0v) is 14.5. The number of piperazine rings is 1. The summed E-state index contributed by atoms with van der Waals surface area (Å²) < 4.78 is 0. The minimum atomic E-state index is 0.222. The van der Waals surface area contributed by atoms with Crippen LogP contribution in [0.25, 0.3) is 0 Å². The predicted molar refractivity (Wildman–Crippen MR) is 90.4 cm³/mol. The average Bonchev–Trinajstić information content (AvgIpc) is 2.58. The van der Waals surface area contributed by atoms with Crippen molar-refractivity contribution in [1.29, 1.82) is 0 Å². The first kappa shape index (κ1) is 20.3. The van der Waals surface area contributed by atoms with E-state index in [4.69, 9.17) is 5.73 Å². The molecule has 0 unspecified atom stereocenters. The van der Waals surface area contributed by atoms with Gasteiger partial charge in [0.05, 0.1) is 0 Å². The molecule has 0 spiro atoms. The summed E-state index contributed by atoms with van der Waals surface area (Å²) in [4.78, 5) is 15.7. The van der Waals surface area contributed by atoms with Crippen LogP contribution >= 0.6 is 0 Å². The molecule has 0 aromatic rings. The summed E-state index contributed by atoms with van der Waals surface area (Å²) in [6.45, 7) is 14.8. The third kappa shape index (κ3) is 8.39. The highest BCUT2D eigenvalue weighted by molar-refractivity contribution is 5.73. The Kier molecular flexibility index (Phi) is 12.6. The molecule has 5 heteroatoms. The van der Waals surface area contributed by atoms with Crippen LogP contribution in [0.15, 0.2) is 0 Å². The number of piperidine rings is 1. The second-order valence-corrected chi connectivity index (χ2v) is 5.31. The van der Waals surface area contributed by atoms with Gasteiger partial charge in [0, 0.05) is 39.1 Å². The van der Waals surface area contributed by atoms with Crippen LogP contribution < -0.4 is 11.1 Å². The number of nitrogens with two attached hydrogens (primary N) is 1. The highest BCUT2D eigenvalue weighted by Gasteiger charge is 2.25. The molecule has 1 amide bonds. The molecule has 2 aliphatic heterocycles. The van der Waals surface area contributed by atoms with Crippen molar-refractivity contribution >= 4 is 5.91 Å². The summed E-state index contributed by atoms with van der Waals surface area (Å²) in [5, 5.41) is 3.39. The Morgan fingerprint density at radius 3 is 2.00 bits per heavy atom. The van der Waals surface area contributed by atoms with Crippen molar-refractivity contribution in [2.45, 2.75) is 53.0 Å². The third-order valence-electron chi connectivity index (χ3n) is 3.87. The van der Waals surface area contributed by atoms with E-state index in [9.17, 15) is 4.79 Å². The number of rotatable bonds is 2. The lowest BCUT2D eigenvalue weighted by atomic mass is 10.0. The molecule has 2 heterocycles. The van der Waals surface area contributed by atoms with Gasteiger partial charge in [0.25, 0.3) is 0 Å². The summed E-state index contributed by atoms with van der Waals surface area (Å²) in [5.41, 5.74) is 5.03. The molecule has 0 aliphatic carbocycles. The predicted octanol–water partition coefficient (Wildman–Crippen LogP) is 1.28. The van der Waals surface area contributed by atoms with E-state index >= 15 is 0 Å². The van der Waals surface area contributed by atoms with Crippen molar-refractivity contribution < 1.29 is 4.79 Å². The lowest BCUT2D eigenvalue weighted by molar-refractivity contribution is -0.130. The first-order valence-electron chi connectivity index (χ1n) is 8.59. The van der Waals surface area contributed by atoms with Crippen LogP contribution in [0, 0.1) is 0 Å². The van der Waals surface area contributed by atoms with Gasteiger partial charge in [0.1, 0.15) is 0 Å². The topological polar surface area (TPSA) is 61.6 Å². The van der Waals surface area contributed by atoms with E-state index in [1.54, 1.807) is 6.92 Å². The zero-order chi connectivity index (χ0) is 16.1. The van der Waals surface area contributed by atoms with E-state index in [0.717, 1.165) is 58.3 Å². The van der Waals surface area contributed by atoms with Crippen LogP contribution in [0.2, 0.25) is 0 Å². The molecule has 2 rings (SSSR count). The van der Waals surface area contributed by atoms with Crippen molar-refractivity contribution in [2.75, 3.05) is 45.8 Å². The van der Waals surface area contributed by atoms with Crippen LogP contribution in [0.5, 0.6) is 0 Å². The SMILES string of the molecule is CC.CC(=O)N1CCN(C2CCNCC2)CC1.CCCN. The Bertz CT molecular complexity index is 245. The van der Waals surface area contributed by atoms with E-state index in [1.807, 2.05) is 18.7 Å². The van der Waals surface area contributed by atoms with Crippen LogP contribution in [-0.4, -0.2) is 67.6 Å². The second kappa shape index (κ2) is 13.0. The Morgan fingerprint density at radius 2 is 1.62 bits per heavy atom. The van der Waals surface area contributed by atoms with Gasteiger partial charge in [0.15, 0.2) is 0 Å². The minimum Gasteiger partial charge on any atom is -0.340 e. The summed E-state index contributed by atoms with van der Waals surface area (Å²) in [5.74, 6) is 0.222. The van der Waals surface area contributed by atoms with Crippen molar-refractivity contribution in [3.63, 3.8) is 0 Å². The molecule has 0 aromatic heterocycles. The number of hydrogen-bond acceptors (Lipinski definition) is 4. The molecule has 126 valence electrons. The lowest BCUT2D eigenvalue weighted by Crippen LogP contribution is -2.53. The molecule has 0 saturated carbocycles. The Morgan fingerprint density at radius 1 is 1.14 bits per heavy atom. The first-order chi connectivity index (χ1) is 10.2. The Labute approximate surface area is 131 Å². The molecule has 2 saturated heterocycles. The molecular weight excluding hydrogens is 264 g/mol. The van der Waals surface area contributed by atoms with E-state index in [1.165, 1.54) is 12.8 Å². The quantitative estimate of drug-likeness (QED) is 0.806. The fourth-order valence-electron chi connectivity index (χ4n) is 2.57. The number of hydrogen-bond donors (Lipinski definition) is 2. The highest BCUT2D eigenvalue weighted by Crippen LogP contribution is 2.14. The zero-order valence-electron chi connectivity index (χ0n) is 14.5.